The molecule has 0 bridgehead atoms. The van der Waals surface area contributed by atoms with Gasteiger partial charge < -0.3 is 14.6 Å². The molecule has 0 radical (unpaired) electrons. The second kappa shape index (κ2) is 7.22. The molecule has 3 aromatic rings. The van der Waals surface area contributed by atoms with E-state index in [9.17, 15) is 13.6 Å². The zero-order chi connectivity index (χ0) is 19.7. The van der Waals surface area contributed by atoms with Gasteiger partial charge in [0.15, 0.2) is 11.4 Å². The molecular weight excluding hydrogens is 358 g/mol. The molecule has 8 heteroatoms. The zero-order valence-electron chi connectivity index (χ0n) is 15.0. The predicted molar refractivity (Wildman–Crippen MR) is 93.4 cm³/mol. The Morgan fingerprint density at radius 1 is 1.30 bits per heavy atom. The molecule has 0 saturated carbocycles. The first-order valence-corrected chi connectivity index (χ1v) is 8.27. The van der Waals surface area contributed by atoms with Crippen molar-refractivity contribution in [3.8, 4) is 11.6 Å². The molecule has 0 aliphatic rings. The van der Waals surface area contributed by atoms with E-state index in [0.29, 0.717) is 11.3 Å². The monoisotopic (exact) mass is 376 g/mol. The summed E-state index contributed by atoms with van der Waals surface area (Å²) in [4.78, 5) is 15.5. The van der Waals surface area contributed by atoms with E-state index in [0.717, 1.165) is 17.7 Å². The molecule has 0 fully saturated rings. The molecule has 142 valence electrons. The van der Waals surface area contributed by atoms with Crippen molar-refractivity contribution < 1.29 is 28.2 Å². The summed E-state index contributed by atoms with van der Waals surface area (Å²) in [6, 6.07) is 5.24. The van der Waals surface area contributed by atoms with E-state index in [1.807, 2.05) is 13.8 Å². The van der Waals surface area contributed by atoms with Crippen molar-refractivity contribution in [2.75, 3.05) is 0 Å². The van der Waals surface area contributed by atoms with Gasteiger partial charge in [-0.15, -0.1) is 0 Å². The molecule has 2 heterocycles. The zero-order valence-corrected chi connectivity index (χ0v) is 15.0. The average Bonchev–Trinajstić information content (AvgIpc) is 2.92. The van der Waals surface area contributed by atoms with Crippen LogP contribution in [0.25, 0.3) is 5.65 Å². The highest BCUT2D eigenvalue weighted by Crippen LogP contribution is 2.33. The lowest BCUT2D eigenvalue weighted by molar-refractivity contribution is 0.141. The maximum Gasteiger partial charge on any atom is 0.512 e. The van der Waals surface area contributed by atoms with Crippen LogP contribution in [0, 0.1) is 18.6 Å². The van der Waals surface area contributed by atoms with Crippen molar-refractivity contribution in [3.63, 3.8) is 0 Å². The fourth-order valence-electron chi connectivity index (χ4n) is 2.73. The van der Waals surface area contributed by atoms with Gasteiger partial charge in [-0.05, 0) is 30.7 Å². The third kappa shape index (κ3) is 3.69. The molecule has 0 aliphatic heterocycles. The largest absolute Gasteiger partial charge is 0.512 e. The van der Waals surface area contributed by atoms with E-state index in [-0.39, 0.29) is 29.7 Å². The number of benzene rings is 1. The molecule has 0 spiro atoms. The number of ether oxygens (including phenoxy) is 2. The lowest BCUT2D eigenvalue weighted by Gasteiger charge is -2.10. The first kappa shape index (κ1) is 18.6. The summed E-state index contributed by atoms with van der Waals surface area (Å²) in [5, 5.41) is 9.02. The normalized spacial score (nSPS) is 11.2. The van der Waals surface area contributed by atoms with Gasteiger partial charge in [0.05, 0.1) is 5.56 Å². The fraction of sp³-hybridized carbons (Fsp3) is 0.263. The van der Waals surface area contributed by atoms with Crippen molar-refractivity contribution in [1.82, 2.24) is 9.38 Å². The minimum Gasteiger partial charge on any atom is -0.485 e. The topological polar surface area (TPSA) is 73.1 Å². The van der Waals surface area contributed by atoms with Crippen LogP contribution >= 0.6 is 0 Å². The SMILES string of the molecule is Cc1cc(OCc2c(F)cccc2F)c2nc(C(C)C)c(OC(=O)O)n2c1. The summed E-state index contributed by atoms with van der Waals surface area (Å²) < 4.78 is 39.7. The van der Waals surface area contributed by atoms with E-state index in [1.165, 1.54) is 10.5 Å². The van der Waals surface area contributed by atoms with Crippen molar-refractivity contribution >= 4 is 11.8 Å². The number of aryl methyl sites for hydroxylation is 1. The maximum absolute atomic E-state index is 13.8. The Labute approximate surface area is 154 Å². The van der Waals surface area contributed by atoms with Gasteiger partial charge in [-0.2, -0.15) is 0 Å². The van der Waals surface area contributed by atoms with Crippen molar-refractivity contribution in [2.45, 2.75) is 33.3 Å². The van der Waals surface area contributed by atoms with E-state index in [1.54, 1.807) is 19.2 Å². The summed E-state index contributed by atoms with van der Waals surface area (Å²) in [5.74, 6) is -1.20. The van der Waals surface area contributed by atoms with E-state index in [4.69, 9.17) is 14.6 Å². The van der Waals surface area contributed by atoms with Gasteiger partial charge in [0.25, 0.3) is 0 Å². The number of nitrogens with zero attached hydrogens (tertiary/aromatic N) is 2. The minimum absolute atomic E-state index is 0.0677. The number of imidazole rings is 1. The maximum atomic E-state index is 13.8. The van der Waals surface area contributed by atoms with Crippen molar-refractivity contribution in [1.29, 1.82) is 0 Å². The number of aromatic nitrogens is 2. The second-order valence-corrected chi connectivity index (χ2v) is 6.39. The Bertz CT molecular complexity index is 994. The van der Waals surface area contributed by atoms with E-state index in [2.05, 4.69) is 4.98 Å². The number of rotatable bonds is 5. The van der Waals surface area contributed by atoms with Crippen LogP contribution < -0.4 is 9.47 Å². The van der Waals surface area contributed by atoms with Gasteiger partial charge in [-0.25, -0.2) is 18.6 Å². The highest BCUT2D eigenvalue weighted by molar-refractivity contribution is 5.65. The average molecular weight is 376 g/mol. The Kier molecular flexibility index (Phi) is 4.98. The van der Waals surface area contributed by atoms with Crippen LogP contribution in [0.5, 0.6) is 11.6 Å². The lowest BCUT2D eigenvalue weighted by Crippen LogP contribution is -2.08. The van der Waals surface area contributed by atoms with Crippen LogP contribution in [0.3, 0.4) is 0 Å². The van der Waals surface area contributed by atoms with E-state index < -0.39 is 17.8 Å². The molecule has 0 saturated heterocycles. The third-order valence-corrected chi connectivity index (χ3v) is 3.97. The van der Waals surface area contributed by atoms with Crippen LogP contribution in [0.1, 0.15) is 36.6 Å². The Morgan fingerprint density at radius 2 is 1.96 bits per heavy atom. The summed E-state index contributed by atoms with van der Waals surface area (Å²) in [5.41, 5.74) is 1.27. The Balaban J connectivity index is 2.06. The molecule has 0 aliphatic carbocycles. The van der Waals surface area contributed by atoms with Crippen LogP contribution in [0.15, 0.2) is 30.5 Å². The number of carbonyl (C=O) groups is 1. The van der Waals surface area contributed by atoms with Crippen LogP contribution in [0.4, 0.5) is 13.6 Å². The number of pyridine rings is 1. The Morgan fingerprint density at radius 3 is 2.56 bits per heavy atom. The highest BCUT2D eigenvalue weighted by atomic mass is 19.1. The molecular formula is C19H18F2N2O4. The van der Waals surface area contributed by atoms with Gasteiger partial charge in [-0.3, -0.25) is 4.40 Å². The molecule has 0 atom stereocenters. The summed E-state index contributed by atoms with van der Waals surface area (Å²) in [7, 11) is 0. The second-order valence-electron chi connectivity index (χ2n) is 6.39. The number of hydrogen-bond acceptors (Lipinski definition) is 4. The van der Waals surface area contributed by atoms with Crippen molar-refractivity contribution in [2.24, 2.45) is 0 Å². The molecule has 6 nitrogen and oxygen atoms in total. The van der Waals surface area contributed by atoms with E-state index >= 15 is 0 Å². The van der Waals surface area contributed by atoms with Crippen molar-refractivity contribution in [3.05, 3.63) is 58.9 Å². The number of halogens is 2. The summed E-state index contributed by atoms with van der Waals surface area (Å²) >= 11 is 0. The lowest BCUT2D eigenvalue weighted by atomic mass is 10.1. The predicted octanol–water partition coefficient (Wildman–Crippen LogP) is 4.68. The molecule has 0 unspecified atom stereocenters. The number of carboxylic acid groups (broad SMARTS) is 1. The van der Waals surface area contributed by atoms with Gasteiger partial charge in [0.2, 0.25) is 5.88 Å². The van der Waals surface area contributed by atoms with Gasteiger partial charge in [-0.1, -0.05) is 19.9 Å². The molecule has 0 amide bonds. The van der Waals surface area contributed by atoms with Gasteiger partial charge in [0, 0.05) is 12.1 Å². The van der Waals surface area contributed by atoms with Crippen LogP contribution in [-0.4, -0.2) is 20.6 Å². The molecule has 3 rings (SSSR count). The Hall–Kier alpha value is -3.16. The van der Waals surface area contributed by atoms with Crippen LogP contribution in [-0.2, 0) is 6.61 Å². The number of hydrogen-bond donors (Lipinski definition) is 1. The first-order chi connectivity index (χ1) is 12.8. The van der Waals surface area contributed by atoms with Gasteiger partial charge in [0.1, 0.15) is 23.9 Å². The number of fused-ring (bicyclic) bond motifs is 1. The third-order valence-electron chi connectivity index (χ3n) is 3.97. The minimum atomic E-state index is -1.46. The molecule has 2 aromatic heterocycles. The smallest absolute Gasteiger partial charge is 0.485 e. The first-order valence-electron chi connectivity index (χ1n) is 8.27. The van der Waals surface area contributed by atoms with Crippen LogP contribution in [0.2, 0.25) is 0 Å². The molecule has 1 aromatic carbocycles. The summed E-state index contributed by atoms with van der Waals surface area (Å²) in [6.45, 7) is 5.13. The van der Waals surface area contributed by atoms with Gasteiger partial charge >= 0.3 is 6.16 Å². The quantitative estimate of drug-likeness (QED) is 0.655. The highest BCUT2D eigenvalue weighted by Gasteiger charge is 2.22. The fourth-order valence-corrected chi connectivity index (χ4v) is 2.73. The standard InChI is InChI=1S/C19H18F2N2O4/c1-10(2)16-18(27-19(24)25)23-8-11(3)7-15(17(23)22-16)26-9-12-13(20)5-4-6-14(12)21/h4-8,10H,9H2,1-3H3,(H,24,25). The summed E-state index contributed by atoms with van der Waals surface area (Å²) in [6.07, 6.45) is 0.194. The molecule has 27 heavy (non-hydrogen) atoms. The molecule has 1 N–H and O–H groups in total.